The van der Waals surface area contributed by atoms with E-state index in [9.17, 15) is 0 Å². The molecule has 2 rings (SSSR count). The smallest absolute Gasteiger partial charge is 0.119 e. The number of rotatable bonds is 6. The van der Waals surface area contributed by atoms with Gasteiger partial charge in [0.25, 0.3) is 0 Å². The Morgan fingerprint density at radius 2 is 2.00 bits per heavy atom. The van der Waals surface area contributed by atoms with Gasteiger partial charge in [0.2, 0.25) is 0 Å². The lowest BCUT2D eigenvalue weighted by molar-refractivity contribution is 0.000489. The van der Waals surface area contributed by atoms with Crippen LogP contribution in [0.4, 0.5) is 0 Å². The van der Waals surface area contributed by atoms with E-state index in [2.05, 4.69) is 24.1 Å². The van der Waals surface area contributed by atoms with Gasteiger partial charge in [-0.2, -0.15) is 0 Å². The molecule has 0 bridgehead atoms. The molecule has 1 aliphatic carbocycles. The summed E-state index contributed by atoms with van der Waals surface area (Å²) in [7, 11) is 5.69. The molecule has 1 saturated carbocycles. The minimum Gasteiger partial charge on any atom is -0.497 e. The van der Waals surface area contributed by atoms with Crippen LogP contribution >= 0.6 is 0 Å². The second-order valence-corrected chi connectivity index (χ2v) is 6.07. The molecule has 21 heavy (non-hydrogen) atoms. The normalized spacial score (nSPS) is 26.0. The summed E-state index contributed by atoms with van der Waals surface area (Å²) in [5, 5.41) is 0. The summed E-state index contributed by atoms with van der Waals surface area (Å²) in [6, 6.07) is 8.26. The average molecular weight is 292 g/mol. The first-order chi connectivity index (χ1) is 10.1. The minimum atomic E-state index is 0.0953. The molecular formula is C17H28N2O2. The Kier molecular flexibility index (Phi) is 5.62. The molecule has 118 valence electrons. The van der Waals surface area contributed by atoms with Gasteiger partial charge in [0.05, 0.1) is 13.2 Å². The van der Waals surface area contributed by atoms with E-state index in [1.807, 2.05) is 12.1 Å². The van der Waals surface area contributed by atoms with Crippen LogP contribution in [0.5, 0.6) is 5.75 Å². The van der Waals surface area contributed by atoms with Gasteiger partial charge in [-0.1, -0.05) is 12.1 Å². The molecule has 0 unspecified atom stereocenters. The average Bonchev–Trinajstić information content (AvgIpc) is 2.55. The number of nitrogens with two attached hydrogens (primary N) is 1. The number of hydrogen-bond donors (Lipinski definition) is 1. The first-order valence-corrected chi connectivity index (χ1v) is 7.70. The van der Waals surface area contributed by atoms with E-state index in [-0.39, 0.29) is 5.54 Å². The molecule has 0 aliphatic heterocycles. The SMILES string of the molecule is COc1cccc(CN(C)C2(CN)CCC(OC)CC2)c1. The van der Waals surface area contributed by atoms with Crippen molar-refractivity contribution in [1.29, 1.82) is 0 Å². The van der Waals surface area contributed by atoms with Crippen LogP contribution in [0.25, 0.3) is 0 Å². The van der Waals surface area contributed by atoms with Gasteiger partial charge in [0.15, 0.2) is 0 Å². The van der Waals surface area contributed by atoms with Crippen LogP contribution < -0.4 is 10.5 Å². The number of methoxy groups -OCH3 is 2. The van der Waals surface area contributed by atoms with E-state index in [0.29, 0.717) is 12.6 Å². The summed E-state index contributed by atoms with van der Waals surface area (Å²) >= 11 is 0. The molecule has 0 saturated heterocycles. The zero-order valence-electron chi connectivity index (χ0n) is 13.5. The van der Waals surface area contributed by atoms with Crippen molar-refractivity contribution in [2.24, 2.45) is 5.73 Å². The van der Waals surface area contributed by atoms with E-state index in [1.165, 1.54) is 5.56 Å². The summed E-state index contributed by atoms with van der Waals surface area (Å²) < 4.78 is 10.8. The molecule has 0 amide bonds. The van der Waals surface area contributed by atoms with Crippen LogP contribution in [0.15, 0.2) is 24.3 Å². The van der Waals surface area contributed by atoms with Crippen LogP contribution in [0.2, 0.25) is 0 Å². The third kappa shape index (κ3) is 3.76. The molecule has 0 aromatic heterocycles. The summed E-state index contributed by atoms with van der Waals surface area (Å²) in [5.74, 6) is 0.908. The summed E-state index contributed by atoms with van der Waals surface area (Å²) in [4.78, 5) is 2.41. The van der Waals surface area contributed by atoms with E-state index in [4.69, 9.17) is 15.2 Å². The number of likely N-dealkylation sites (N-methyl/N-ethyl adjacent to an activating group) is 1. The Bertz CT molecular complexity index is 442. The van der Waals surface area contributed by atoms with Crippen molar-refractivity contribution in [3.63, 3.8) is 0 Å². The van der Waals surface area contributed by atoms with E-state index < -0.39 is 0 Å². The fourth-order valence-corrected chi connectivity index (χ4v) is 3.32. The number of ether oxygens (including phenoxy) is 2. The summed E-state index contributed by atoms with van der Waals surface area (Å²) in [5.41, 5.74) is 7.49. The standard InChI is InChI=1S/C17H28N2O2/c1-19(12-14-5-4-6-16(11-14)21-3)17(13-18)9-7-15(20-2)8-10-17/h4-6,11,15H,7-10,12-13,18H2,1-3H3. The molecular weight excluding hydrogens is 264 g/mol. The van der Waals surface area contributed by atoms with E-state index >= 15 is 0 Å². The molecule has 0 atom stereocenters. The molecule has 1 fully saturated rings. The first kappa shape index (κ1) is 16.3. The molecule has 4 nitrogen and oxygen atoms in total. The number of hydrogen-bond acceptors (Lipinski definition) is 4. The Labute approximate surface area is 128 Å². The fourth-order valence-electron chi connectivity index (χ4n) is 3.32. The number of benzene rings is 1. The molecule has 0 heterocycles. The second kappa shape index (κ2) is 7.25. The Morgan fingerprint density at radius 1 is 1.29 bits per heavy atom. The van der Waals surface area contributed by atoms with Gasteiger partial charge >= 0.3 is 0 Å². The van der Waals surface area contributed by atoms with Crippen molar-refractivity contribution >= 4 is 0 Å². The maximum absolute atomic E-state index is 6.13. The summed E-state index contributed by atoms with van der Waals surface area (Å²) in [6.45, 7) is 1.59. The van der Waals surface area contributed by atoms with Crippen molar-refractivity contribution in [2.45, 2.75) is 43.9 Å². The molecule has 2 N–H and O–H groups in total. The minimum absolute atomic E-state index is 0.0953. The molecule has 1 aromatic carbocycles. The van der Waals surface area contributed by atoms with Gasteiger partial charge in [-0.3, -0.25) is 4.90 Å². The maximum atomic E-state index is 6.13. The maximum Gasteiger partial charge on any atom is 0.119 e. The molecule has 1 aliphatic rings. The zero-order chi connectivity index (χ0) is 15.3. The molecule has 4 heteroatoms. The third-order valence-corrected chi connectivity index (χ3v) is 4.94. The topological polar surface area (TPSA) is 47.7 Å². The Morgan fingerprint density at radius 3 is 2.57 bits per heavy atom. The second-order valence-electron chi connectivity index (χ2n) is 6.07. The van der Waals surface area contributed by atoms with Crippen LogP contribution in [0, 0.1) is 0 Å². The van der Waals surface area contributed by atoms with Gasteiger partial charge in [0.1, 0.15) is 5.75 Å². The lowest BCUT2D eigenvalue weighted by Gasteiger charge is -2.45. The van der Waals surface area contributed by atoms with Gasteiger partial charge in [-0.05, 0) is 50.4 Å². The van der Waals surface area contributed by atoms with Crippen LogP contribution in [-0.4, -0.2) is 44.4 Å². The van der Waals surface area contributed by atoms with Gasteiger partial charge in [-0.25, -0.2) is 0 Å². The third-order valence-electron chi connectivity index (χ3n) is 4.94. The van der Waals surface area contributed by atoms with Crippen LogP contribution in [0.3, 0.4) is 0 Å². The Hall–Kier alpha value is -1.10. The van der Waals surface area contributed by atoms with Crippen LogP contribution in [0.1, 0.15) is 31.2 Å². The predicted octanol–water partition coefficient (Wildman–Crippen LogP) is 2.41. The monoisotopic (exact) mass is 292 g/mol. The quantitative estimate of drug-likeness (QED) is 0.875. The zero-order valence-corrected chi connectivity index (χ0v) is 13.5. The Balaban J connectivity index is 2.04. The lowest BCUT2D eigenvalue weighted by Crippen LogP contribution is -2.54. The predicted molar refractivity (Wildman–Crippen MR) is 85.5 cm³/mol. The van der Waals surface area contributed by atoms with Crippen molar-refractivity contribution < 1.29 is 9.47 Å². The molecule has 1 aromatic rings. The first-order valence-electron chi connectivity index (χ1n) is 7.70. The highest BCUT2D eigenvalue weighted by atomic mass is 16.5. The van der Waals surface area contributed by atoms with Crippen LogP contribution in [-0.2, 0) is 11.3 Å². The van der Waals surface area contributed by atoms with Crippen molar-refractivity contribution in [1.82, 2.24) is 4.90 Å². The van der Waals surface area contributed by atoms with E-state index in [0.717, 1.165) is 38.0 Å². The highest BCUT2D eigenvalue weighted by molar-refractivity contribution is 5.28. The highest BCUT2D eigenvalue weighted by Gasteiger charge is 2.37. The lowest BCUT2D eigenvalue weighted by atomic mass is 9.79. The van der Waals surface area contributed by atoms with Crippen molar-refractivity contribution in [3.8, 4) is 5.75 Å². The summed E-state index contributed by atoms with van der Waals surface area (Å²) in [6.07, 6.45) is 4.78. The number of nitrogens with zero attached hydrogens (tertiary/aromatic N) is 1. The van der Waals surface area contributed by atoms with Gasteiger partial charge in [-0.15, -0.1) is 0 Å². The van der Waals surface area contributed by atoms with Crippen molar-refractivity contribution in [3.05, 3.63) is 29.8 Å². The molecule has 0 radical (unpaired) electrons. The van der Waals surface area contributed by atoms with Gasteiger partial charge < -0.3 is 15.2 Å². The fraction of sp³-hybridized carbons (Fsp3) is 0.647. The van der Waals surface area contributed by atoms with Crippen molar-refractivity contribution in [2.75, 3.05) is 27.8 Å². The highest BCUT2D eigenvalue weighted by Crippen LogP contribution is 2.34. The van der Waals surface area contributed by atoms with Gasteiger partial charge in [0, 0.05) is 25.7 Å². The largest absolute Gasteiger partial charge is 0.497 e. The molecule has 0 spiro atoms. The van der Waals surface area contributed by atoms with E-state index in [1.54, 1.807) is 14.2 Å².